The molecule has 1 amide bonds. The van der Waals surface area contributed by atoms with Crippen LogP contribution in [0.25, 0.3) is 11.5 Å². The van der Waals surface area contributed by atoms with Crippen molar-refractivity contribution in [2.75, 3.05) is 25.0 Å². The first-order valence-electron chi connectivity index (χ1n) is 11.9. The number of ether oxygens (including phenoxy) is 1. The van der Waals surface area contributed by atoms with Crippen LogP contribution in [0.2, 0.25) is 0 Å². The van der Waals surface area contributed by atoms with Crippen LogP contribution in [0, 0.1) is 5.92 Å². The van der Waals surface area contributed by atoms with Gasteiger partial charge in [-0.05, 0) is 86.6 Å². The Labute approximate surface area is 204 Å². The van der Waals surface area contributed by atoms with Crippen molar-refractivity contribution in [1.29, 1.82) is 0 Å². The van der Waals surface area contributed by atoms with E-state index in [2.05, 4.69) is 15.5 Å². The highest BCUT2D eigenvalue weighted by Crippen LogP contribution is 2.29. The van der Waals surface area contributed by atoms with Crippen LogP contribution >= 0.6 is 0 Å². The van der Waals surface area contributed by atoms with Crippen molar-refractivity contribution >= 4 is 21.9 Å². The number of amides is 1. The summed E-state index contributed by atoms with van der Waals surface area (Å²) in [4.78, 5) is 13.1. The molecule has 1 aromatic heterocycles. The summed E-state index contributed by atoms with van der Waals surface area (Å²) in [5.74, 6) is 0.455. The van der Waals surface area contributed by atoms with Crippen molar-refractivity contribution in [1.82, 2.24) is 14.5 Å². The number of nitrogens with one attached hydrogen (secondary N) is 1. The monoisotopic (exact) mass is 496 g/mol. The summed E-state index contributed by atoms with van der Waals surface area (Å²) in [6.45, 7) is 3.07. The van der Waals surface area contributed by atoms with E-state index in [1.807, 2.05) is 31.2 Å². The van der Waals surface area contributed by atoms with Gasteiger partial charge in [0.2, 0.25) is 21.8 Å². The summed E-state index contributed by atoms with van der Waals surface area (Å²) in [6.07, 6.45) is 3.86. The number of aryl methyl sites for hydroxylation is 2. The molecule has 0 radical (unpaired) electrons. The van der Waals surface area contributed by atoms with Crippen LogP contribution < -0.4 is 10.1 Å². The third-order valence-corrected chi connectivity index (χ3v) is 8.49. The third kappa shape index (κ3) is 4.94. The number of hydrogen-bond donors (Lipinski definition) is 1. The molecule has 184 valence electrons. The topological polar surface area (TPSA) is 115 Å². The predicted molar refractivity (Wildman–Crippen MR) is 129 cm³/mol. The number of rotatable bonds is 7. The minimum absolute atomic E-state index is 0.0204. The van der Waals surface area contributed by atoms with Crippen LogP contribution in [0.3, 0.4) is 0 Å². The number of fused-ring (bicyclic) bond motifs is 1. The highest BCUT2D eigenvalue weighted by molar-refractivity contribution is 7.89. The Morgan fingerprint density at radius 1 is 1.09 bits per heavy atom. The van der Waals surface area contributed by atoms with Crippen LogP contribution in [-0.4, -0.2) is 48.5 Å². The first-order valence-corrected chi connectivity index (χ1v) is 13.4. The molecule has 0 atom stereocenters. The average Bonchev–Trinajstić information content (AvgIpc) is 3.54. The number of hydrogen-bond acceptors (Lipinski definition) is 7. The first kappa shape index (κ1) is 23.5. The molecule has 35 heavy (non-hydrogen) atoms. The van der Waals surface area contributed by atoms with Gasteiger partial charge in [-0.1, -0.05) is 11.2 Å². The molecule has 0 bridgehead atoms. The van der Waals surface area contributed by atoms with E-state index in [9.17, 15) is 13.2 Å². The molecule has 1 aliphatic heterocycles. The molecule has 0 unspecified atom stereocenters. The van der Waals surface area contributed by atoms with Crippen molar-refractivity contribution in [3.63, 3.8) is 0 Å². The summed E-state index contributed by atoms with van der Waals surface area (Å²) in [6, 6.07) is 12.7. The van der Waals surface area contributed by atoms with Crippen LogP contribution in [0.5, 0.6) is 5.75 Å². The van der Waals surface area contributed by atoms with E-state index in [4.69, 9.17) is 9.15 Å². The van der Waals surface area contributed by atoms with Gasteiger partial charge in [-0.3, -0.25) is 10.1 Å². The van der Waals surface area contributed by atoms with Crippen molar-refractivity contribution in [3.8, 4) is 17.2 Å². The van der Waals surface area contributed by atoms with E-state index >= 15 is 0 Å². The van der Waals surface area contributed by atoms with E-state index in [1.54, 1.807) is 18.2 Å². The Hall–Kier alpha value is -3.24. The maximum Gasteiger partial charge on any atom is 0.322 e. The molecule has 9 nitrogen and oxygen atoms in total. The number of nitrogens with zero attached hydrogens (tertiary/aromatic N) is 3. The molecule has 1 fully saturated rings. The van der Waals surface area contributed by atoms with Crippen molar-refractivity contribution in [2.45, 2.75) is 43.9 Å². The van der Waals surface area contributed by atoms with Crippen molar-refractivity contribution in [2.24, 2.45) is 5.92 Å². The lowest BCUT2D eigenvalue weighted by atomic mass is 9.97. The second kappa shape index (κ2) is 9.79. The largest absolute Gasteiger partial charge is 0.494 e. The summed E-state index contributed by atoms with van der Waals surface area (Å²) in [5, 5.41) is 10.6. The summed E-state index contributed by atoms with van der Waals surface area (Å²) < 4.78 is 38.8. The molecular formula is C25H28N4O5S. The van der Waals surface area contributed by atoms with Gasteiger partial charge in [0.05, 0.1) is 11.5 Å². The lowest BCUT2D eigenvalue weighted by molar-refractivity contribution is -0.121. The maximum atomic E-state index is 13.1. The highest BCUT2D eigenvalue weighted by Gasteiger charge is 2.33. The summed E-state index contributed by atoms with van der Waals surface area (Å²) in [7, 11) is -3.57. The number of sulfonamides is 1. The van der Waals surface area contributed by atoms with E-state index < -0.39 is 10.0 Å². The quantitative estimate of drug-likeness (QED) is 0.531. The van der Waals surface area contributed by atoms with Crippen molar-refractivity contribution in [3.05, 3.63) is 53.6 Å². The molecule has 5 rings (SSSR count). The third-order valence-electron chi connectivity index (χ3n) is 6.60. The molecule has 0 saturated carbocycles. The fourth-order valence-corrected chi connectivity index (χ4v) is 6.20. The van der Waals surface area contributed by atoms with E-state index in [1.165, 1.54) is 9.87 Å². The minimum Gasteiger partial charge on any atom is -0.494 e. The van der Waals surface area contributed by atoms with Gasteiger partial charge in [-0.15, -0.1) is 5.10 Å². The van der Waals surface area contributed by atoms with Gasteiger partial charge in [0, 0.05) is 24.6 Å². The molecule has 10 heteroatoms. The number of benzene rings is 2. The van der Waals surface area contributed by atoms with Crippen molar-refractivity contribution < 1.29 is 22.4 Å². The van der Waals surface area contributed by atoms with Gasteiger partial charge in [-0.2, -0.15) is 4.31 Å². The van der Waals surface area contributed by atoms with Gasteiger partial charge in [0.1, 0.15) is 5.75 Å². The Morgan fingerprint density at radius 2 is 1.83 bits per heavy atom. The van der Waals surface area contributed by atoms with E-state index in [0.717, 1.165) is 30.6 Å². The van der Waals surface area contributed by atoms with Gasteiger partial charge in [0.15, 0.2) is 0 Å². The molecule has 1 N–H and O–H groups in total. The first-order chi connectivity index (χ1) is 16.9. The van der Waals surface area contributed by atoms with Gasteiger partial charge >= 0.3 is 6.01 Å². The Kier molecular flexibility index (Phi) is 6.57. The number of carbonyl (C=O) groups excluding carboxylic acids is 1. The summed E-state index contributed by atoms with van der Waals surface area (Å²) >= 11 is 0. The lowest BCUT2D eigenvalue weighted by Gasteiger charge is -2.30. The van der Waals surface area contributed by atoms with Gasteiger partial charge in [-0.25, -0.2) is 8.42 Å². The standard InChI is InChI=1S/C25H28N4O5S/c1-2-33-21-9-6-19(7-10-21)24-27-28-25(34-24)26-23(30)18-12-14-29(15-13-18)35(31,32)22-11-8-17-4-3-5-20(17)16-22/h6-11,16,18H,2-5,12-15H2,1H3,(H,26,28,30). The normalized spacial score (nSPS) is 16.7. The van der Waals surface area contributed by atoms with Crippen LogP contribution in [0.1, 0.15) is 37.3 Å². The molecule has 3 aromatic rings. The van der Waals surface area contributed by atoms with Crippen LogP contribution in [0.15, 0.2) is 51.8 Å². The molecule has 1 aliphatic carbocycles. The molecule has 0 spiro atoms. The van der Waals surface area contributed by atoms with Crippen LogP contribution in [-0.2, 0) is 27.7 Å². The lowest BCUT2D eigenvalue weighted by Crippen LogP contribution is -2.41. The number of piperidine rings is 1. The Bertz CT molecular complexity index is 1310. The van der Waals surface area contributed by atoms with E-state index in [-0.39, 0.29) is 17.8 Å². The zero-order valence-electron chi connectivity index (χ0n) is 19.6. The average molecular weight is 497 g/mol. The Morgan fingerprint density at radius 3 is 2.57 bits per heavy atom. The fraction of sp³-hybridized carbons (Fsp3) is 0.400. The number of anilines is 1. The number of carbonyl (C=O) groups is 1. The SMILES string of the molecule is CCOc1ccc(-c2nnc(NC(=O)C3CCN(S(=O)(=O)c4ccc5c(c4)CCC5)CC3)o2)cc1. The highest BCUT2D eigenvalue weighted by atomic mass is 32.2. The second-order valence-electron chi connectivity index (χ2n) is 8.82. The molecular weight excluding hydrogens is 468 g/mol. The zero-order chi connectivity index (χ0) is 24.4. The zero-order valence-corrected chi connectivity index (χ0v) is 20.4. The van der Waals surface area contributed by atoms with E-state index in [0.29, 0.717) is 48.9 Å². The summed E-state index contributed by atoms with van der Waals surface area (Å²) in [5.41, 5.74) is 3.09. The molecule has 1 saturated heterocycles. The number of aromatic nitrogens is 2. The molecule has 2 aliphatic rings. The fourth-order valence-electron chi connectivity index (χ4n) is 4.67. The van der Waals surface area contributed by atoms with Gasteiger partial charge in [0.25, 0.3) is 0 Å². The molecule has 2 aromatic carbocycles. The Balaban J connectivity index is 1.18. The molecule has 2 heterocycles. The van der Waals surface area contributed by atoms with Crippen LogP contribution in [0.4, 0.5) is 6.01 Å². The minimum atomic E-state index is -3.57. The second-order valence-corrected chi connectivity index (χ2v) is 10.8. The maximum absolute atomic E-state index is 13.1. The predicted octanol–water partition coefficient (Wildman–Crippen LogP) is 3.66. The smallest absolute Gasteiger partial charge is 0.322 e. The van der Waals surface area contributed by atoms with Gasteiger partial charge < -0.3 is 9.15 Å².